The zero-order chi connectivity index (χ0) is 23.8. The number of benzene rings is 2. The number of hydrogen-bond donors (Lipinski definition) is 0. The third kappa shape index (κ3) is 4.16. The van der Waals surface area contributed by atoms with Crippen molar-refractivity contribution in [3.8, 4) is 11.5 Å². The summed E-state index contributed by atoms with van der Waals surface area (Å²) in [5, 5.41) is 0. The zero-order valence-electron chi connectivity index (χ0n) is 18.4. The molecule has 1 aliphatic rings. The van der Waals surface area contributed by atoms with Crippen LogP contribution in [0.25, 0.3) is 10.2 Å². The smallest absolute Gasteiger partial charge is 0.266 e. The van der Waals surface area contributed by atoms with Gasteiger partial charge in [-0.2, -0.15) is 9.30 Å². The van der Waals surface area contributed by atoms with E-state index in [2.05, 4.69) is 4.99 Å². The highest BCUT2D eigenvalue weighted by molar-refractivity contribution is 7.89. The average molecular weight is 494 g/mol. The molecule has 0 aliphatic carbocycles. The van der Waals surface area contributed by atoms with Gasteiger partial charge in [0.25, 0.3) is 5.91 Å². The van der Waals surface area contributed by atoms with Crippen molar-refractivity contribution < 1.29 is 27.1 Å². The van der Waals surface area contributed by atoms with Crippen LogP contribution in [0.2, 0.25) is 0 Å². The van der Waals surface area contributed by atoms with Crippen molar-refractivity contribution in [2.45, 2.75) is 37.2 Å². The van der Waals surface area contributed by atoms with Gasteiger partial charge in [-0.05, 0) is 56.2 Å². The number of hydrogen-bond acceptors (Lipinski definition) is 6. The summed E-state index contributed by atoms with van der Waals surface area (Å²) in [5.41, 5.74) is 0.762. The zero-order valence-corrected chi connectivity index (χ0v) is 20.1. The molecule has 1 saturated heterocycles. The molecule has 1 aromatic heterocycles. The molecule has 0 N–H and O–H groups in total. The van der Waals surface area contributed by atoms with E-state index in [1.165, 1.54) is 23.5 Å². The minimum Gasteiger partial charge on any atom is -0.495 e. The first-order chi connectivity index (χ1) is 15.8. The lowest BCUT2D eigenvalue weighted by Crippen LogP contribution is -2.40. The molecule has 2 aromatic carbocycles. The van der Waals surface area contributed by atoms with Crippen molar-refractivity contribution in [3.63, 3.8) is 0 Å². The van der Waals surface area contributed by atoms with E-state index in [9.17, 15) is 17.6 Å². The standard InChI is InChI=1S/C22H24FN3O5S2/c1-4-25-19-17(30-2)11-12-18(31-3)20(19)32-22(25)24-21(27)16-6-5-13-26(16)33(28,29)15-9-7-14(23)8-10-15/h7-12,16H,4-6,13H2,1-3H3. The Bertz CT molecular complexity index is 1360. The highest BCUT2D eigenvalue weighted by Gasteiger charge is 2.39. The Kier molecular flexibility index (Phi) is 6.55. The molecule has 1 aliphatic heterocycles. The van der Waals surface area contributed by atoms with Crippen molar-refractivity contribution in [1.29, 1.82) is 0 Å². The van der Waals surface area contributed by atoms with Crippen LogP contribution in [0, 0.1) is 5.82 Å². The Labute approximate surface area is 194 Å². The van der Waals surface area contributed by atoms with E-state index >= 15 is 0 Å². The number of fused-ring (bicyclic) bond motifs is 1. The fraction of sp³-hybridized carbons (Fsp3) is 0.364. The molecule has 8 nitrogen and oxygen atoms in total. The topological polar surface area (TPSA) is 90.2 Å². The van der Waals surface area contributed by atoms with E-state index in [1.54, 1.807) is 26.4 Å². The highest BCUT2D eigenvalue weighted by Crippen LogP contribution is 2.35. The summed E-state index contributed by atoms with van der Waals surface area (Å²) >= 11 is 1.28. The summed E-state index contributed by atoms with van der Waals surface area (Å²) < 4.78 is 54.3. The van der Waals surface area contributed by atoms with E-state index in [-0.39, 0.29) is 11.4 Å². The van der Waals surface area contributed by atoms with Crippen molar-refractivity contribution in [2.24, 2.45) is 4.99 Å². The number of sulfonamides is 1. The second-order valence-electron chi connectivity index (χ2n) is 7.45. The van der Waals surface area contributed by atoms with Crippen LogP contribution in [0.1, 0.15) is 19.8 Å². The molecule has 0 spiro atoms. The molecule has 33 heavy (non-hydrogen) atoms. The third-order valence-electron chi connectivity index (χ3n) is 5.62. The van der Waals surface area contributed by atoms with Crippen molar-refractivity contribution in [2.75, 3.05) is 20.8 Å². The number of carbonyl (C=O) groups is 1. The summed E-state index contributed by atoms with van der Waals surface area (Å²) in [5.74, 6) is 0.190. The maximum absolute atomic E-state index is 13.3. The monoisotopic (exact) mass is 493 g/mol. The summed E-state index contributed by atoms with van der Waals surface area (Å²) in [6, 6.07) is 7.25. The van der Waals surface area contributed by atoms with Gasteiger partial charge in [0.2, 0.25) is 10.0 Å². The molecule has 3 aromatic rings. The normalized spacial score (nSPS) is 17.6. The van der Waals surface area contributed by atoms with E-state index < -0.39 is 27.8 Å². The van der Waals surface area contributed by atoms with Crippen LogP contribution in [0.15, 0.2) is 46.3 Å². The summed E-state index contributed by atoms with van der Waals surface area (Å²) in [6.07, 6.45) is 0.903. The number of ether oxygens (including phenoxy) is 2. The van der Waals surface area contributed by atoms with E-state index in [0.29, 0.717) is 35.7 Å². The molecule has 1 amide bonds. The first kappa shape index (κ1) is 23.4. The molecule has 1 atom stereocenters. The van der Waals surface area contributed by atoms with Crippen LogP contribution in [0.5, 0.6) is 11.5 Å². The van der Waals surface area contributed by atoms with Crippen molar-refractivity contribution >= 4 is 37.5 Å². The van der Waals surface area contributed by atoms with Gasteiger partial charge in [-0.1, -0.05) is 11.3 Å². The van der Waals surface area contributed by atoms with Gasteiger partial charge in [0, 0.05) is 13.1 Å². The lowest BCUT2D eigenvalue weighted by molar-refractivity contribution is -0.121. The first-order valence-electron chi connectivity index (χ1n) is 10.4. The van der Waals surface area contributed by atoms with Crippen LogP contribution in [-0.4, -0.2) is 50.0 Å². The molecule has 0 bridgehead atoms. The molecule has 1 fully saturated rings. The Hall–Kier alpha value is -2.76. The van der Waals surface area contributed by atoms with Crippen molar-refractivity contribution in [3.05, 3.63) is 47.0 Å². The summed E-state index contributed by atoms with van der Waals surface area (Å²) in [7, 11) is -0.829. The number of aryl methyl sites for hydroxylation is 1. The Morgan fingerprint density at radius 3 is 2.45 bits per heavy atom. The summed E-state index contributed by atoms with van der Waals surface area (Å²) in [6.45, 7) is 2.65. The van der Waals surface area contributed by atoms with E-state index in [1.807, 2.05) is 11.5 Å². The molecular weight excluding hydrogens is 469 g/mol. The lowest BCUT2D eigenvalue weighted by Gasteiger charge is -2.21. The molecule has 11 heteroatoms. The number of methoxy groups -OCH3 is 2. The molecule has 1 unspecified atom stereocenters. The fourth-order valence-corrected chi connectivity index (χ4v) is 6.88. The molecule has 4 rings (SSSR count). The minimum absolute atomic E-state index is 0.0523. The fourth-order valence-electron chi connectivity index (χ4n) is 4.02. The van der Waals surface area contributed by atoms with Gasteiger partial charge < -0.3 is 14.0 Å². The number of thiazole rings is 1. The largest absolute Gasteiger partial charge is 0.495 e. The van der Waals surface area contributed by atoms with Gasteiger partial charge in [0.1, 0.15) is 33.6 Å². The second kappa shape index (κ2) is 9.24. The SMILES string of the molecule is CCn1c(=NC(=O)C2CCCN2S(=O)(=O)c2ccc(F)cc2)sc2c(OC)ccc(OC)c21. The maximum Gasteiger partial charge on any atom is 0.266 e. The van der Waals surface area contributed by atoms with Crippen LogP contribution in [0.3, 0.4) is 0 Å². The van der Waals surface area contributed by atoms with Crippen molar-refractivity contribution in [1.82, 2.24) is 8.87 Å². The molecular formula is C22H24FN3O5S2. The second-order valence-corrected chi connectivity index (χ2v) is 10.3. The number of halogens is 1. The molecule has 0 saturated carbocycles. The van der Waals surface area contributed by atoms with Gasteiger partial charge in [0.15, 0.2) is 4.80 Å². The van der Waals surface area contributed by atoms with E-state index in [0.717, 1.165) is 26.7 Å². The lowest BCUT2D eigenvalue weighted by atomic mass is 10.2. The number of aromatic nitrogens is 1. The van der Waals surface area contributed by atoms with Crippen LogP contribution < -0.4 is 14.3 Å². The predicted molar refractivity (Wildman–Crippen MR) is 122 cm³/mol. The molecule has 2 heterocycles. The van der Waals surface area contributed by atoms with Gasteiger partial charge in [-0.25, -0.2) is 12.8 Å². The predicted octanol–water partition coefficient (Wildman–Crippen LogP) is 3.16. The number of rotatable bonds is 6. The molecule has 176 valence electrons. The van der Waals surface area contributed by atoms with Gasteiger partial charge in [-0.3, -0.25) is 4.79 Å². The number of carbonyl (C=O) groups excluding carboxylic acids is 1. The Balaban J connectivity index is 1.77. The number of amides is 1. The summed E-state index contributed by atoms with van der Waals surface area (Å²) in [4.78, 5) is 17.9. The van der Waals surface area contributed by atoms with Crippen LogP contribution in [0.4, 0.5) is 4.39 Å². The minimum atomic E-state index is -3.96. The highest BCUT2D eigenvalue weighted by atomic mass is 32.2. The quantitative estimate of drug-likeness (QED) is 0.526. The van der Waals surface area contributed by atoms with Gasteiger partial charge in [-0.15, -0.1) is 0 Å². The van der Waals surface area contributed by atoms with Gasteiger partial charge >= 0.3 is 0 Å². The first-order valence-corrected chi connectivity index (χ1v) is 12.7. The van der Waals surface area contributed by atoms with E-state index in [4.69, 9.17) is 9.47 Å². The average Bonchev–Trinajstić information content (AvgIpc) is 3.44. The Morgan fingerprint density at radius 1 is 1.15 bits per heavy atom. The molecule has 0 radical (unpaired) electrons. The van der Waals surface area contributed by atoms with Crippen LogP contribution in [-0.2, 0) is 21.4 Å². The third-order valence-corrected chi connectivity index (χ3v) is 8.64. The van der Waals surface area contributed by atoms with Crippen LogP contribution >= 0.6 is 11.3 Å². The number of nitrogens with zero attached hydrogens (tertiary/aromatic N) is 3. The maximum atomic E-state index is 13.3. The Morgan fingerprint density at radius 2 is 1.82 bits per heavy atom. The van der Waals surface area contributed by atoms with Gasteiger partial charge in [0.05, 0.1) is 19.1 Å².